The molecule has 1 amide bonds. The van der Waals surface area contributed by atoms with Crippen LogP contribution in [0.5, 0.6) is 0 Å². The highest BCUT2D eigenvalue weighted by atomic mass is 16.5. The van der Waals surface area contributed by atoms with Crippen LogP contribution in [0.25, 0.3) is 0 Å². The highest BCUT2D eigenvalue weighted by Gasteiger charge is 2.26. The van der Waals surface area contributed by atoms with Crippen LogP contribution in [0.3, 0.4) is 0 Å². The smallest absolute Gasteiger partial charge is 0.241 e. The van der Waals surface area contributed by atoms with Gasteiger partial charge in [0.15, 0.2) is 0 Å². The number of ether oxygens (including phenoxy) is 1. The normalized spacial score (nSPS) is 18.1. The zero-order valence-corrected chi connectivity index (χ0v) is 11.6. The minimum atomic E-state index is -0.455. The first-order chi connectivity index (χ1) is 9.09. The predicted molar refractivity (Wildman–Crippen MR) is 76.1 cm³/mol. The van der Waals surface area contributed by atoms with Crippen molar-refractivity contribution in [3.05, 3.63) is 29.3 Å². The van der Waals surface area contributed by atoms with Crippen LogP contribution in [0.1, 0.15) is 24.0 Å². The van der Waals surface area contributed by atoms with Gasteiger partial charge in [-0.25, -0.2) is 0 Å². The number of rotatable bonds is 3. The van der Waals surface area contributed by atoms with E-state index in [0.717, 1.165) is 29.7 Å². The van der Waals surface area contributed by atoms with Gasteiger partial charge in [-0.05, 0) is 49.8 Å². The lowest BCUT2D eigenvalue weighted by Gasteiger charge is -2.27. The van der Waals surface area contributed by atoms with Crippen LogP contribution < -0.4 is 11.1 Å². The average molecular weight is 262 g/mol. The minimum absolute atomic E-state index is 0.0967. The number of aryl methyl sites for hydroxylation is 1. The van der Waals surface area contributed by atoms with Crippen molar-refractivity contribution >= 4 is 11.6 Å². The Bertz CT molecular complexity index is 453. The number of nitrogens with two attached hydrogens (primary N) is 1. The summed E-state index contributed by atoms with van der Waals surface area (Å²) in [7, 11) is 0. The van der Waals surface area contributed by atoms with Gasteiger partial charge in [0.05, 0.1) is 6.04 Å². The molecule has 1 unspecified atom stereocenters. The summed E-state index contributed by atoms with van der Waals surface area (Å²) < 4.78 is 5.30. The lowest BCUT2D eigenvalue weighted by Crippen LogP contribution is -2.44. The molecular formula is C15H22N2O2. The van der Waals surface area contributed by atoms with Crippen LogP contribution in [0.4, 0.5) is 5.69 Å². The maximum absolute atomic E-state index is 12.2. The Balaban J connectivity index is 2.01. The van der Waals surface area contributed by atoms with Crippen LogP contribution in [-0.2, 0) is 9.53 Å². The number of benzene rings is 1. The molecule has 0 radical (unpaired) electrons. The zero-order chi connectivity index (χ0) is 13.8. The monoisotopic (exact) mass is 262 g/mol. The molecule has 0 saturated carbocycles. The highest BCUT2D eigenvalue weighted by Crippen LogP contribution is 2.21. The molecule has 0 bridgehead atoms. The van der Waals surface area contributed by atoms with E-state index in [4.69, 9.17) is 10.5 Å². The van der Waals surface area contributed by atoms with Crippen molar-refractivity contribution in [2.75, 3.05) is 18.5 Å². The van der Waals surface area contributed by atoms with Gasteiger partial charge in [0, 0.05) is 18.9 Å². The quantitative estimate of drug-likeness (QED) is 0.875. The SMILES string of the molecule is Cc1cccc(NC(=O)C(N)C2CCOCC2)c1C. The van der Waals surface area contributed by atoms with E-state index in [9.17, 15) is 4.79 Å². The molecule has 0 aliphatic carbocycles. The van der Waals surface area contributed by atoms with Crippen molar-refractivity contribution in [3.8, 4) is 0 Å². The first-order valence-electron chi connectivity index (χ1n) is 6.80. The minimum Gasteiger partial charge on any atom is -0.381 e. The Hall–Kier alpha value is -1.39. The molecule has 1 atom stereocenters. The van der Waals surface area contributed by atoms with Crippen molar-refractivity contribution in [3.63, 3.8) is 0 Å². The van der Waals surface area contributed by atoms with E-state index < -0.39 is 6.04 Å². The van der Waals surface area contributed by atoms with E-state index >= 15 is 0 Å². The van der Waals surface area contributed by atoms with Gasteiger partial charge in [0.2, 0.25) is 5.91 Å². The largest absolute Gasteiger partial charge is 0.381 e. The van der Waals surface area contributed by atoms with E-state index in [1.54, 1.807) is 0 Å². The maximum Gasteiger partial charge on any atom is 0.241 e. The molecule has 2 rings (SSSR count). The van der Waals surface area contributed by atoms with E-state index in [2.05, 4.69) is 5.32 Å². The zero-order valence-electron chi connectivity index (χ0n) is 11.6. The number of nitrogens with one attached hydrogen (secondary N) is 1. The molecule has 19 heavy (non-hydrogen) atoms. The average Bonchev–Trinajstić information content (AvgIpc) is 2.44. The first-order valence-corrected chi connectivity index (χ1v) is 6.80. The second-order valence-electron chi connectivity index (χ2n) is 5.21. The summed E-state index contributed by atoms with van der Waals surface area (Å²) in [5, 5.41) is 2.94. The second-order valence-corrected chi connectivity index (χ2v) is 5.21. The van der Waals surface area contributed by atoms with Crippen molar-refractivity contribution in [1.82, 2.24) is 0 Å². The molecule has 1 saturated heterocycles. The molecule has 1 aromatic carbocycles. The highest BCUT2D eigenvalue weighted by molar-refractivity contribution is 5.95. The predicted octanol–water partition coefficient (Wildman–Crippen LogP) is 2.00. The molecule has 4 heteroatoms. The molecule has 3 N–H and O–H groups in total. The second kappa shape index (κ2) is 6.17. The Morgan fingerprint density at radius 2 is 2.05 bits per heavy atom. The molecule has 1 aromatic rings. The van der Waals surface area contributed by atoms with E-state index in [1.165, 1.54) is 0 Å². The van der Waals surface area contributed by atoms with E-state index in [0.29, 0.717) is 13.2 Å². The Morgan fingerprint density at radius 1 is 1.37 bits per heavy atom. The topological polar surface area (TPSA) is 64.4 Å². The fourth-order valence-corrected chi connectivity index (χ4v) is 2.39. The molecular weight excluding hydrogens is 240 g/mol. The van der Waals surface area contributed by atoms with Gasteiger partial charge in [-0.3, -0.25) is 4.79 Å². The number of carbonyl (C=O) groups excluding carboxylic acids is 1. The number of anilines is 1. The Labute approximate surface area is 114 Å². The summed E-state index contributed by atoms with van der Waals surface area (Å²) in [6.45, 7) is 5.44. The molecule has 1 fully saturated rings. The number of amides is 1. The van der Waals surface area contributed by atoms with Crippen LogP contribution in [-0.4, -0.2) is 25.2 Å². The van der Waals surface area contributed by atoms with Crippen molar-refractivity contribution in [2.45, 2.75) is 32.7 Å². The van der Waals surface area contributed by atoms with Crippen molar-refractivity contribution in [1.29, 1.82) is 0 Å². The fraction of sp³-hybridized carbons (Fsp3) is 0.533. The summed E-state index contributed by atoms with van der Waals surface area (Å²) in [5.74, 6) is 0.125. The summed E-state index contributed by atoms with van der Waals surface area (Å²) in [6, 6.07) is 5.43. The Morgan fingerprint density at radius 3 is 2.74 bits per heavy atom. The summed E-state index contributed by atoms with van der Waals surface area (Å²) >= 11 is 0. The van der Waals surface area contributed by atoms with Crippen LogP contribution in [0.2, 0.25) is 0 Å². The molecule has 1 heterocycles. The molecule has 1 aliphatic heterocycles. The Kier molecular flexibility index (Phi) is 4.56. The van der Waals surface area contributed by atoms with Gasteiger partial charge in [0.1, 0.15) is 0 Å². The summed E-state index contributed by atoms with van der Waals surface area (Å²) in [6.07, 6.45) is 1.72. The molecule has 104 valence electrons. The van der Waals surface area contributed by atoms with Crippen LogP contribution >= 0.6 is 0 Å². The van der Waals surface area contributed by atoms with Crippen molar-refractivity contribution in [2.24, 2.45) is 11.7 Å². The fourth-order valence-electron chi connectivity index (χ4n) is 2.39. The lowest BCUT2D eigenvalue weighted by atomic mass is 9.91. The standard InChI is InChI=1S/C15H22N2O2/c1-10-4-3-5-13(11(10)2)17-15(18)14(16)12-6-8-19-9-7-12/h3-5,12,14H,6-9,16H2,1-2H3,(H,17,18). The van der Waals surface area contributed by atoms with Gasteiger partial charge in [-0.1, -0.05) is 12.1 Å². The van der Waals surface area contributed by atoms with Gasteiger partial charge in [-0.15, -0.1) is 0 Å². The lowest BCUT2D eigenvalue weighted by molar-refractivity contribution is -0.119. The summed E-state index contributed by atoms with van der Waals surface area (Å²) in [5.41, 5.74) is 9.17. The number of hydrogen-bond acceptors (Lipinski definition) is 3. The molecule has 1 aliphatic rings. The third-order valence-corrected chi connectivity index (χ3v) is 3.94. The molecule has 4 nitrogen and oxygen atoms in total. The van der Waals surface area contributed by atoms with Gasteiger partial charge in [0.25, 0.3) is 0 Å². The number of hydrogen-bond donors (Lipinski definition) is 2. The van der Waals surface area contributed by atoms with Crippen molar-refractivity contribution < 1.29 is 9.53 Å². The van der Waals surface area contributed by atoms with Crippen LogP contribution in [0, 0.1) is 19.8 Å². The molecule has 0 spiro atoms. The van der Waals surface area contributed by atoms with Gasteiger partial charge < -0.3 is 15.8 Å². The van der Waals surface area contributed by atoms with E-state index in [-0.39, 0.29) is 11.8 Å². The summed E-state index contributed by atoms with van der Waals surface area (Å²) in [4.78, 5) is 12.2. The third-order valence-electron chi connectivity index (χ3n) is 3.94. The van der Waals surface area contributed by atoms with E-state index in [1.807, 2.05) is 32.0 Å². The maximum atomic E-state index is 12.2. The van der Waals surface area contributed by atoms with Gasteiger partial charge in [-0.2, -0.15) is 0 Å². The molecule has 0 aromatic heterocycles. The third kappa shape index (κ3) is 3.33. The first kappa shape index (κ1) is 14.0. The van der Waals surface area contributed by atoms with Crippen LogP contribution in [0.15, 0.2) is 18.2 Å². The van der Waals surface area contributed by atoms with Gasteiger partial charge >= 0.3 is 0 Å². The number of carbonyl (C=O) groups is 1.